The molecule has 1 aromatic heterocycles. The maximum Gasteiger partial charge on any atom is 0.254 e. The first-order valence-corrected chi connectivity index (χ1v) is 11.9. The Bertz CT molecular complexity index is 1110. The molecule has 1 N–H and O–H groups in total. The van der Waals surface area contributed by atoms with Gasteiger partial charge in [0.15, 0.2) is 5.16 Å². The molecule has 1 aliphatic heterocycles. The summed E-state index contributed by atoms with van der Waals surface area (Å²) in [4.78, 5) is 33.6. The minimum atomic E-state index is -0.115. The lowest BCUT2D eigenvalue weighted by molar-refractivity contribution is -0.117. The van der Waals surface area contributed by atoms with Crippen LogP contribution in [-0.2, 0) is 4.79 Å². The molecule has 0 radical (unpaired) electrons. The zero-order valence-electron chi connectivity index (χ0n) is 17.7. The first-order chi connectivity index (χ1) is 15.5. The molecule has 0 unspecified atom stereocenters. The molecule has 2 aromatic carbocycles. The standard InChI is InChI=1S/C23H24ClN5O2S/c1-32-23-25-9-10-29(23)18-6-4-5-17(15-18)22(31)28-13-11-27(12-14-28)16-21(30)26-20-8-3-2-7-19(20)24/h2-10,15H,11-14,16H2,1H3,(H,26,30). The van der Waals surface area contributed by atoms with E-state index < -0.39 is 0 Å². The molecule has 3 aromatic rings. The largest absolute Gasteiger partial charge is 0.336 e. The maximum atomic E-state index is 13.1. The van der Waals surface area contributed by atoms with Crippen LogP contribution in [0.3, 0.4) is 0 Å². The van der Waals surface area contributed by atoms with Gasteiger partial charge in [-0.05, 0) is 36.6 Å². The van der Waals surface area contributed by atoms with Gasteiger partial charge in [0.2, 0.25) is 5.91 Å². The number of para-hydroxylation sites is 1. The highest BCUT2D eigenvalue weighted by Crippen LogP contribution is 2.21. The van der Waals surface area contributed by atoms with E-state index >= 15 is 0 Å². The molecule has 1 aliphatic rings. The second kappa shape index (κ2) is 10.2. The molecule has 4 rings (SSSR count). The van der Waals surface area contributed by atoms with Crippen LogP contribution in [0.2, 0.25) is 5.02 Å². The molecule has 0 aliphatic carbocycles. The highest BCUT2D eigenvalue weighted by molar-refractivity contribution is 7.98. The number of aromatic nitrogens is 2. The second-order valence-electron chi connectivity index (χ2n) is 7.43. The number of hydrogen-bond acceptors (Lipinski definition) is 5. The van der Waals surface area contributed by atoms with E-state index in [2.05, 4.69) is 10.3 Å². The van der Waals surface area contributed by atoms with Crippen LogP contribution in [0, 0.1) is 0 Å². The molecule has 0 bridgehead atoms. The maximum absolute atomic E-state index is 13.1. The number of carbonyl (C=O) groups is 2. The molecular formula is C23H24ClN5O2S. The minimum Gasteiger partial charge on any atom is -0.336 e. The van der Waals surface area contributed by atoms with Crippen LogP contribution in [0.1, 0.15) is 10.4 Å². The molecule has 0 saturated carbocycles. The van der Waals surface area contributed by atoms with Gasteiger partial charge in [-0.1, -0.05) is 41.6 Å². The van der Waals surface area contributed by atoms with Crippen molar-refractivity contribution in [2.45, 2.75) is 5.16 Å². The minimum absolute atomic E-state index is 0.00200. The number of rotatable bonds is 6. The van der Waals surface area contributed by atoms with Crippen LogP contribution in [0.4, 0.5) is 5.69 Å². The van der Waals surface area contributed by atoms with Gasteiger partial charge < -0.3 is 10.2 Å². The van der Waals surface area contributed by atoms with Gasteiger partial charge in [0.05, 0.1) is 17.3 Å². The van der Waals surface area contributed by atoms with Crippen molar-refractivity contribution in [1.82, 2.24) is 19.4 Å². The molecule has 9 heteroatoms. The normalized spacial score (nSPS) is 14.4. The third-order valence-electron chi connectivity index (χ3n) is 5.34. The number of anilines is 1. The number of piperazine rings is 1. The van der Waals surface area contributed by atoms with Crippen molar-refractivity contribution in [3.63, 3.8) is 0 Å². The Labute approximate surface area is 196 Å². The molecule has 0 atom stereocenters. The van der Waals surface area contributed by atoms with E-state index in [1.807, 2.05) is 63.2 Å². The number of thioether (sulfide) groups is 1. The van der Waals surface area contributed by atoms with Gasteiger partial charge in [-0.3, -0.25) is 19.1 Å². The number of halogens is 1. The average Bonchev–Trinajstić information content (AvgIpc) is 3.30. The lowest BCUT2D eigenvalue weighted by Gasteiger charge is -2.34. The first kappa shape index (κ1) is 22.4. The summed E-state index contributed by atoms with van der Waals surface area (Å²) in [5.41, 5.74) is 2.16. The zero-order chi connectivity index (χ0) is 22.5. The van der Waals surface area contributed by atoms with Crippen molar-refractivity contribution in [1.29, 1.82) is 0 Å². The smallest absolute Gasteiger partial charge is 0.254 e. The number of nitrogens with zero attached hydrogens (tertiary/aromatic N) is 4. The number of nitrogens with one attached hydrogen (secondary N) is 1. The van der Waals surface area contributed by atoms with Crippen LogP contribution in [0.5, 0.6) is 0 Å². The fourth-order valence-corrected chi connectivity index (χ4v) is 4.39. The average molecular weight is 470 g/mol. The molecule has 2 heterocycles. The topological polar surface area (TPSA) is 70.5 Å². The monoisotopic (exact) mass is 469 g/mol. The molecule has 0 spiro atoms. The van der Waals surface area contributed by atoms with Crippen LogP contribution >= 0.6 is 23.4 Å². The van der Waals surface area contributed by atoms with Crippen molar-refractivity contribution in [3.8, 4) is 5.69 Å². The quantitative estimate of drug-likeness (QED) is 0.558. The summed E-state index contributed by atoms with van der Waals surface area (Å²) in [6.45, 7) is 2.69. The van der Waals surface area contributed by atoms with E-state index in [1.165, 1.54) is 0 Å². The fourth-order valence-electron chi connectivity index (χ4n) is 3.67. The van der Waals surface area contributed by atoms with Crippen LogP contribution < -0.4 is 5.32 Å². The van der Waals surface area contributed by atoms with Gasteiger partial charge in [-0.25, -0.2) is 4.98 Å². The molecular weight excluding hydrogens is 446 g/mol. The Balaban J connectivity index is 1.33. The van der Waals surface area contributed by atoms with Gasteiger partial charge in [-0.15, -0.1) is 0 Å². The Morgan fingerprint density at radius 3 is 2.62 bits per heavy atom. The summed E-state index contributed by atoms with van der Waals surface area (Å²) in [7, 11) is 0. The molecule has 7 nitrogen and oxygen atoms in total. The number of hydrogen-bond donors (Lipinski definition) is 1. The predicted octanol–water partition coefficient (Wildman–Crippen LogP) is 3.64. The third-order valence-corrected chi connectivity index (χ3v) is 6.33. The van der Waals surface area contributed by atoms with Gasteiger partial charge in [0, 0.05) is 49.8 Å². The Kier molecular flexibility index (Phi) is 7.14. The van der Waals surface area contributed by atoms with Gasteiger partial charge in [0.25, 0.3) is 5.91 Å². The van der Waals surface area contributed by atoms with Crippen molar-refractivity contribution < 1.29 is 9.59 Å². The predicted molar refractivity (Wildman–Crippen MR) is 128 cm³/mol. The highest BCUT2D eigenvalue weighted by atomic mass is 35.5. The Morgan fingerprint density at radius 2 is 1.88 bits per heavy atom. The highest BCUT2D eigenvalue weighted by Gasteiger charge is 2.24. The summed E-state index contributed by atoms with van der Waals surface area (Å²) in [5.74, 6) is -0.117. The molecule has 1 fully saturated rings. The van der Waals surface area contributed by atoms with Crippen LogP contribution in [-0.4, -0.2) is 70.1 Å². The summed E-state index contributed by atoms with van der Waals surface area (Å²) in [5, 5.41) is 4.23. The summed E-state index contributed by atoms with van der Waals surface area (Å²) < 4.78 is 1.97. The number of imidazole rings is 1. The van der Waals surface area contributed by atoms with E-state index in [1.54, 1.807) is 30.1 Å². The van der Waals surface area contributed by atoms with Crippen molar-refractivity contribution >= 4 is 40.9 Å². The number of benzene rings is 2. The van der Waals surface area contributed by atoms with Crippen molar-refractivity contribution in [3.05, 3.63) is 71.5 Å². The van der Waals surface area contributed by atoms with Crippen LogP contribution in [0.15, 0.2) is 66.1 Å². The van der Waals surface area contributed by atoms with E-state index in [-0.39, 0.29) is 18.4 Å². The first-order valence-electron chi connectivity index (χ1n) is 10.3. The lowest BCUT2D eigenvalue weighted by atomic mass is 10.1. The summed E-state index contributed by atoms with van der Waals surface area (Å²) in [6, 6.07) is 14.8. The van der Waals surface area contributed by atoms with Gasteiger partial charge in [0.1, 0.15) is 0 Å². The second-order valence-corrected chi connectivity index (χ2v) is 8.61. The van der Waals surface area contributed by atoms with Gasteiger partial charge >= 0.3 is 0 Å². The molecule has 1 saturated heterocycles. The molecule has 2 amide bonds. The summed E-state index contributed by atoms with van der Waals surface area (Å²) >= 11 is 7.66. The Hall–Kier alpha value is -2.81. The number of carbonyl (C=O) groups excluding carboxylic acids is 2. The van der Waals surface area contributed by atoms with E-state index in [0.717, 1.165) is 10.8 Å². The van der Waals surface area contributed by atoms with E-state index in [4.69, 9.17) is 11.6 Å². The molecule has 32 heavy (non-hydrogen) atoms. The van der Waals surface area contributed by atoms with E-state index in [0.29, 0.717) is 42.5 Å². The molecule has 166 valence electrons. The van der Waals surface area contributed by atoms with Crippen LogP contribution in [0.25, 0.3) is 5.69 Å². The fraction of sp³-hybridized carbons (Fsp3) is 0.261. The SMILES string of the molecule is CSc1nccn1-c1cccc(C(=O)N2CCN(CC(=O)Nc3ccccc3Cl)CC2)c1. The number of amides is 2. The third kappa shape index (κ3) is 5.15. The summed E-state index contributed by atoms with van der Waals surface area (Å²) in [6.07, 6.45) is 5.62. The van der Waals surface area contributed by atoms with E-state index in [9.17, 15) is 9.59 Å². The lowest BCUT2D eigenvalue weighted by Crippen LogP contribution is -2.50. The van der Waals surface area contributed by atoms with Crippen molar-refractivity contribution in [2.75, 3.05) is 44.3 Å². The Morgan fingerprint density at radius 1 is 1.09 bits per heavy atom. The van der Waals surface area contributed by atoms with Crippen molar-refractivity contribution in [2.24, 2.45) is 0 Å². The zero-order valence-corrected chi connectivity index (χ0v) is 19.3. The van der Waals surface area contributed by atoms with Gasteiger partial charge in [-0.2, -0.15) is 0 Å².